The van der Waals surface area contributed by atoms with Gasteiger partial charge in [-0.25, -0.2) is 19.0 Å². The number of carboxylic acid groups (broad SMARTS) is 1. The summed E-state index contributed by atoms with van der Waals surface area (Å²) in [5.74, 6) is -1.57. The lowest BCUT2D eigenvalue weighted by Gasteiger charge is -2.36. The second-order valence-electron chi connectivity index (χ2n) is 15.6. The van der Waals surface area contributed by atoms with Crippen LogP contribution in [0.1, 0.15) is 52.7 Å². The lowest BCUT2D eigenvalue weighted by molar-refractivity contribution is -0.139. The van der Waals surface area contributed by atoms with E-state index in [1.807, 2.05) is 10.8 Å². The number of nitrogens with one attached hydrogen (secondary N) is 1. The highest BCUT2D eigenvalue weighted by Crippen LogP contribution is 2.39. The minimum Gasteiger partial charge on any atom is -0.480 e. The van der Waals surface area contributed by atoms with Gasteiger partial charge in [0.15, 0.2) is 19.9 Å². The van der Waals surface area contributed by atoms with Gasteiger partial charge in [0.25, 0.3) is 0 Å². The molecule has 0 radical (unpaired) electrons. The number of halogens is 1. The lowest BCUT2D eigenvalue weighted by atomic mass is 10.1. The molecule has 0 saturated carbocycles. The number of nitrogens with zero attached hydrogens (tertiary/aromatic N) is 2. The molecule has 1 aromatic carbocycles. The fraction of sp³-hybridized carbons (Fsp3) is 0.559. The molecule has 2 aromatic heterocycles. The maximum absolute atomic E-state index is 15.5. The number of alkyl carbamates (subject to hydrolysis) is 1. The van der Waals surface area contributed by atoms with Crippen LogP contribution in [0.4, 0.5) is 9.18 Å². The molecule has 3 aromatic rings. The molecule has 3 rings (SSSR count). The minimum atomic E-state index is -2.10. The van der Waals surface area contributed by atoms with Crippen LogP contribution in [0.5, 0.6) is 11.5 Å². The third kappa shape index (κ3) is 11.2. The highest BCUT2D eigenvalue weighted by atomic mass is 28.4. The van der Waals surface area contributed by atoms with Gasteiger partial charge < -0.3 is 33.6 Å². The Morgan fingerprint density at radius 1 is 1.04 bits per heavy atom. The molecular weight excluding hydrogens is 638 g/mol. The van der Waals surface area contributed by atoms with Crippen LogP contribution >= 0.6 is 0 Å². The molecule has 0 fully saturated rings. The van der Waals surface area contributed by atoms with Crippen molar-refractivity contribution >= 4 is 39.5 Å². The van der Waals surface area contributed by atoms with Gasteiger partial charge in [-0.2, -0.15) is 0 Å². The van der Waals surface area contributed by atoms with Crippen molar-refractivity contribution in [2.75, 3.05) is 6.61 Å². The summed E-state index contributed by atoms with van der Waals surface area (Å²) < 4.78 is 41.4. The molecule has 13 heteroatoms. The SMILES string of the molecule is CC(C)(C)OC(=O)NC(Cc1ccc(Oc2ccnc3c2c(CO[Si](C)(C)C(C)(C)C)cn3COCC[Si](C)(C)C)c(F)c1)C(=O)O. The number of fused-ring (bicyclic) bond motifs is 1. The van der Waals surface area contributed by atoms with Crippen LogP contribution in [0, 0.1) is 5.82 Å². The van der Waals surface area contributed by atoms with E-state index in [1.165, 1.54) is 12.1 Å². The second-order valence-corrected chi connectivity index (χ2v) is 26.1. The first-order valence-corrected chi connectivity index (χ1v) is 22.5. The van der Waals surface area contributed by atoms with Gasteiger partial charge in [-0.15, -0.1) is 0 Å². The molecule has 0 aliphatic heterocycles. The van der Waals surface area contributed by atoms with E-state index in [4.69, 9.17) is 18.6 Å². The topological polar surface area (TPSA) is 121 Å². The van der Waals surface area contributed by atoms with Crippen molar-refractivity contribution in [2.24, 2.45) is 0 Å². The predicted octanol–water partition coefficient (Wildman–Crippen LogP) is 8.32. The molecule has 0 aliphatic carbocycles. The molecule has 0 spiro atoms. The summed E-state index contributed by atoms with van der Waals surface area (Å²) in [4.78, 5) is 28.6. The van der Waals surface area contributed by atoms with Crippen molar-refractivity contribution < 1.29 is 37.7 Å². The van der Waals surface area contributed by atoms with Gasteiger partial charge in [0.2, 0.25) is 0 Å². The normalized spacial score (nSPS) is 13.4. The zero-order valence-electron chi connectivity index (χ0n) is 29.7. The maximum atomic E-state index is 15.5. The highest BCUT2D eigenvalue weighted by Gasteiger charge is 2.37. The Labute approximate surface area is 280 Å². The van der Waals surface area contributed by atoms with Crippen LogP contribution in [0.25, 0.3) is 11.0 Å². The van der Waals surface area contributed by atoms with Crippen LogP contribution in [0.2, 0.25) is 43.8 Å². The van der Waals surface area contributed by atoms with Gasteiger partial charge >= 0.3 is 12.1 Å². The number of pyridine rings is 1. The Balaban J connectivity index is 1.90. The fourth-order valence-corrected chi connectivity index (χ4v) is 6.04. The van der Waals surface area contributed by atoms with Gasteiger partial charge in [-0.3, -0.25) is 0 Å². The molecule has 0 aliphatic rings. The van der Waals surface area contributed by atoms with Gasteiger partial charge in [0.05, 0.1) is 12.0 Å². The molecule has 10 nitrogen and oxygen atoms in total. The molecule has 260 valence electrons. The fourth-order valence-electron chi connectivity index (χ4n) is 4.33. The van der Waals surface area contributed by atoms with E-state index < -0.39 is 45.9 Å². The standard InChI is InChI=1S/C34H52FN3O7Si2/c1-33(2,3)45-32(41)37-26(31(39)40)19-23-12-13-27(25(35)18-23)44-28-14-15-36-30-29(28)24(21-43-47(10,11)34(4,5)6)20-38(30)22-42-16-17-46(7,8)9/h12-15,18,20,26H,16-17,19,21-22H2,1-11H3,(H,37,41)(H,39,40). The summed E-state index contributed by atoms with van der Waals surface area (Å²) in [6.07, 6.45) is 2.56. The van der Waals surface area contributed by atoms with Crippen molar-refractivity contribution in [3.63, 3.8) is 0 Å². The Morgan fingerprint density at radius 3 is 2.30 bits per heavy atom. The molecule has 2 heterocycles. The summed E-state index contributed by atoms with van der Waals surface area (Å²) in [6, 6.07) is 5.64. The average Bonchev–Trinajstić information content (AvgIpc) is 3.27. The number of carboxylic acids is 1. The second kappa shape index (κ2) is 14.9. The first-order valence-electron chi connectivity index (χ1n) is 15.9. The maximum Gasteiger partial charge on any atom is 0.408 e. The number of carbonyl (C=O) groups is 2. The summed E-state index contributed by atoms with van der Waals surface area (Å²) in [5, 5.41) is 12.7. The van der Waals surface area contributed by atoms with E-state index in [0.717, 1.165) is 11.6 Å². The van der Waals surface area contributed by atoms with Gasteiger partial charge in [-0.05, 0) is 68.7 Å². The van der Waals surface area contributed by atoms with Gasteiger partial charge in [-0.1, -0.05) is 46.5 Å². The predicted molar refractivity (Wildman–Crippen MR) is 187 cm³/mol. The monoisotopic (exact) mass is 689 g/mol. The van der Waals surface area contributed by atoms with Crippen molar-refractivity contribution in [2.45, 2.75) is 117 Å². The van der Waals surface area contributed by atoms with Crippen molar-refractivity contribution in [3.8, 4) is 11.5 Å². The summed E-state index contributed by atoms with van der Waals surface area (Å²) in [6.45, 7) is 24.2. The van der Waals surface area contributed by atoms with E-state index >= 15 is 4.39 Å². The number of amides is 1. The summed E-state index contributed by atoms with van der Waals surface area (Å²) >= 11 is 0. The number of carbonyl (C=O) groups excluding carboxylic acids is 1. The number of hydrogen-bond acceptors (Lipinski definition) is 7. The zero-order chi connectivity index (χ0) is 35.4. The van der Waals surface area contributed by atoms with Crippen LogP contribution < -0.4 is 10.1 Å². The molecular formula is C34H52FN3O7Si2. The third-order valence-electron chi connectivity index (χ3n) is 8.06. The number of ether oxygens (including phenoxy) is 3. The first-order chi connectivity index (χ1) is 21.6. The van der Waals surface area contributed by atoms with Crippen LogP contribution in [-0.2, 0) is 38.5 Å². The van der Waals surface area contributed by atoms with E-state index in [9.17, 15) is 14.7 Å². The molecule has 1 amide bonds. The first kappa shape index (κ1) is 38.2. The summed E-state index contributed by atoms with van der Waals surface area (Å²) in [5.41, 5.74) is 1.06. The van der Waals surface area contributed by atoms with E-state index in [0.29, 0.717) is 42.3 Å². The molecule has 47 heavy (non-hydrogen) atoms. The van der Waals surface area contributed by atoms with Crippen molar-refractivity contribution in [1.29, 1.82) is 0 Å². The summed E-state index contributed by atoms with van der Waals surface area (Å²) in [7, 11) is -3.36. The largest absolute Gasteiger partial charge is 0.480 e. The Bertz CT molecular complexity index is 1560. The molecule has 0 bridgehead atoms. The Morgan fingerprint density at radius 2 is 1.72 bits per heavy atom. The van der Waals surface area contributed by atoms with E-state index in [1.54, 1.807) is 39.1 Å². The molecule has 1 atom stereocenters. The molecule has 1 unspecified atom stereocenters. The van der Waals surface area contributed by atoms with Crippen molar-refractivity contribution in [3.05, 3.63) is 53.6 Å². The number of rotatable bonds is 14. The number of aromatic nitrogens is 2. The average molecular weight is 690 g/mol. The quantitative estimate of drug-likeness (QED) is 0.128. The number of benzene rings is 1. The van der Waals surface area contributed by atoms with Gasteiger partial charge in [0.1, 0.15) is 29.8 Å². The van der Waals surface area contributed by atoms with E-state index in [2.05, 4.69) is 63.8 Å². The molecule has 0 saturated heterocycles. The highest BCUT2D eigenvalue weighted by molar-refractivity contribution is 6.76. The lowest BCUT2D eigenvalue weighted by Crippen LogP contribution is -2.44. The zero-order valence-corrected chi connectivity index (χ0v) is 31.7. The molecule has 2 N–H and O–H groups in total. The van der Waals surface area contributed by atoms with Crippen LogP contribution in [0.3, 0.4) is 0 Å². The minimum absolute atomic E-state index is 0.00977. The smallest absolute Gasteiger partial charge is 0.408 e. The van der Waals surface area contributed by atoms with Crippen molar-refractivity contribution in [1.82, 2.24) is 14.9 Å². The Kier molecular flexibility index (Phi) is 12.1. The van der Waals surface area contributed by atoms with Crippen LogP contribution in [-0.4, -0.2) is 61.4 Å². The number of hydrogen-bond donors (Lipinski definition) is 2. The third-order valence-corrected chi connectivity index (χ3v) is 14.2. The number of aliphatic carboxylic acids is 1. The van der Waals surface area contributed by atoms with Crippen LogP contribution in [0.15, 0.2) is 36.7 Å². The van der Waals surface area contributed by atoms with E-state index in [-0.39, 0.29) is 17.2 Å². The van der Waals surface area contributed by atoms with Gasteiger partial charge in [0, 0.05) is 39.1 Å². The Hall–Kier alpha value is -3.27.